The summed E-state index contributed by atoms with van der Waals surface area (Å²) in [4.78, 5) is 10.4. The molecule has 0 bridgehead atoms. The lowest BCUT2D eigenvalue weighted by atomic mass is 10.1. The molecule has 76 valence electrons. The number of ether oxygens (including phenoxy) is 1. The van der Waals surface area contributed by atoms with Gasteiger partial charge in [0.05, 0.1) is 6.61 Å². The predicted molar refractivity (Wildman–Crippen MR) is 57.5 cm³/mol. The van der Waals surface area contributed by atoms with Crippen LogP contribution in [0.5, 0.6) is 0 Å². The average Bonchev–Trinajstić information content (AvgIpc) is 2.18. The number of carbonyl (C=O) groups is 1. The fraction of sp³-hybridized carbons (Fsp3) is 0.200. The van der Waals surface area contributed by atoms with E-state index in [0.717, 1.165) is 6.29 Å². The monoisotopic (exact) mass is 213 g/mol. The van der Waals surface area contributed by atoms with Gasteiger partial charge in [-0.2, -0.15) is 0 Å². The number of hydrogen-bond acceptors (Lipinski definition) is 3. The van der Waals surface area contributed by atoms with Crippen LogP contribution in [0.4, 0.5) is 0 Å². The highest BCUT2D eigenvalue weighted by Crippen LogP contribution is 2.04. The van der Waals surface area contributed by atoms with Crippen LogP contribution in [0.1, 0.15) is 22.8 Å². The third kappa shape index (κ3) is 3.18. The van der Waals surface area contributed by atoms with Crippen LogP contribution >= 0.6 is 12.4 Å². The highest BCUT2D eigenvalue weighted by molar-refractivity contribution is 5.93. The van der Waals surface area contributed by atoms with Crippen molar-refractivity contribution < 1.29 is 9.53 Å². The first-order valence-corrected chi connectivity index (χ1v) is 4.05. The number of rotatable bonds is 3. The van der Waals surface area contributed by atoms with Crippen molar-refractivity contribution in [2.45, 2.75) is 6.92 Å². The summed E-state index contributed by atoms with van der Waals surface area (Å²) in [5.41, 5.74) is 1.19. The van der Waals surface area contributed by atoms with Gasteiger partial charge in [0.1, 0.15) is 6.29 Å². The Hall–Kier alpha value is -1.35. The van der Waals surface area contributed by atoms with Crippen molar-refractivity contribution in [1.29, 1.82) is 5.41 Å². The van der Waals surface area contributed by atoms with Gasteiger partial charge in [0.2, 0.25) is 5.90 Å². The highest BCUT2D eigenvalue weighted by Gasteiger charge is 2.01. The normalized spacial score (nSPS) is 8.64. The third-order valence-corrected chi connectivity index (χ3v) is 1.57. The Morgan fingerprint density at radius 1 is 1.57 bits per heavy atom. The van der Waals surface area contributed by atoms with E-state index < -0.39 is 0 Å². The number of hydrogen-bond donors (Lipinski definition) is 1. The number of carbonyl (C=O) groups excluding carboxylic acids is 1. The Balaban J connectivity index is 0.00000169. The molecule has 0 aliphatic rings. The zero-order valence-electron chi connectivity index (χ0n) is 7.82. The van der Waals surface area contributed by atoms with Gasteiger partial charge in [-0.05, 0) is 19.1 Å². The van der Waals surface area contributed by atoms with Crippen LogP contribution in [0.2, 0.25) is 0 Å². The molecule has 0 radical (unpaired) electrons. The topological polar surface area (TPSA) is 50.1 Å². The molecule has 0 saturated carbocycles. The number of aldehydes is 1. The van der Waals surface area contributed by atoms with E-state index in [1.54, 1.807) is 24.3 Å². The van der Waals surface area contributed by atoms with E-state index in [4.69, 9.17) is 10.1 Å². The van der Waals surface area contributed by atoms with Crippen molar-refractivity contribution in [3.05, 3.63) is 35.4 Å². The minimum absolute atomic E-state index is 0. The quantitative estimate of drug-likeness (QED) is 0.476. The molecular formula is C10H12ClNO2. The maximum absolute atomic E-state index is 10.4. The van der Waals surface area contributed by atoms with Gasteiger partial charge in [-0.1, -0.05) is 12.1 Å². The molecule has 0 heterocycles. The summed E-state index contributed by atoms with van der Waals surface area (Å²) in [5, 5.41) is 7.46. The van der Waals surface area contributed by atoms with E-state index >= 15 is 0 Å². The number of halogens is 1. The summed E-state index contributed by atoms with van der Waals surface area (Å²) in [6.07, 6.45) is 0.753. The molecule has 4 heteroatoms. The Morgan fingerprint density at radius 2 is 2.29 bits per heavy atom. The average molecular weight is 214 g/mol. The summed E-state index contributed by atoms with van der Waals surface area (Å²) < 4.78 is 4.99. The molecular weight excluding hydrogens is 202 g/mol. The lowest BCUT2D eigenvalue weighted by Gasteiger charge is -2.04. The van der Waals surface area contributed by atoms with Crippen molar-refractivity contribution in [3.8, 4) is 0 Å². The van der Waals surface area contributed by atoms with E-state index in [0.29, 0.717) is 17.7 Å². The van der Waals surface area contributed by atoms with Crippen LogP contribution in [0.25, 0.3) is 0 Å². The second-order valence-electron chi connectivity index (χ2n) is 2.51. The van der Waals surface area contributed by atoms with E-state index in [2.05, 4.69) is 0 Å². The first kappa shape index (κ1) is 12.7. The van der Waals surface area contributed by atoms with Gasteiger partial charge in [-0.3, -0.25) is 10.2 Å². The van der Waals surface area contributed by atoms with Crippen LogP contribution in [0, 0.1) is 5.41 Å². The molecule has 0 spiro atoms. The summed E-state index contributed by atoms with van der Waals surface area (Å²) in [6, 6.07) is 6.79. The number of nitrogens with one attached hydrogen (secondary N) is 1. The van der Waals surface area contributed by atoms with E-state index in [-0.39, 0.29) is 18.3 Å². The van der Waals surface area contributed by atoms with E-state index in [9.17, 15) is 4.79 Å². The number of benzene rings is 1. The Labute approximate surface area is 89.0 Å². The molecule has 0 saturated heterocycles. The molecule has 0 aromatic heterocycles. The molecule has 3 nitrogen and oxygen atoms in total. The van der Waals surface area contributed by atoms with Crippen molar-refractivity contribution in [1.82, 2.24) is 0 Å². The molecule has 1 rings (SSSR count). The smallest absolute Gasteiger partial charge is 0.213 e. The zero-order chi connectivity index (χ0) is 9.68. The Kier molecular flexibility index (Phi) is 5.56. The second kappa shape index (κ2) is 6.16. The molecule has 0 amide bonds. The largest absolute Gasteiger partial charge is 0.478 e. The van der Waals surface area contributed by atoms with Crippen LogP contribution in [-0.4, -0.2) is 18.8 Å². The second-order valence-corrected chi connectivity index (χ2v) is 2.51. The molecule has 1 aromatic carbocycles. The van der Waals surface area contributed by atoms with Gasteiger partial charge in [0.25, 0.3) is 0 Å². The maximum Gasteiger partial charge on any atom is 0.213 e. The minimum atomic E-state index is 0. The lowest BCUT2D eigenvalue weighted by molar-refractivity contribution is 0.112. The van der Waals surface area contributed by atoms with Crippen molar-refractivity contribution in [3.63, 3.8) is 0 Å². The standard InChI is InChI=1S/C10H11NO2.ClH/c1-2-13-10(11)9-5-3-4-8(6-9)7-12;/h3-7,11H,2H2,1H3;1H. The fourth-order valence-electron chi connectivity index (χ4n) is 0.981. The van der Waals surface area contributed by atoms with Gasteiger partial charge in [-0.25, -0.2) is 0 Å². The molecule has 0 atom stereocenters. The summed E-state index contributed by atoms with van der Waals surface area (Å²) in [5.74, 6) is 0.103. The van der Waals surface area contributed by atoms with Crippen LogP contribution in [0.3, 0.4) is 0 Å². The Morgan fingerprint density at radius 3 is 2.86 bits per heavy atom. The summed E-state index contributed by atoms with van der Waals surface area (Å²) in [6.45, 7) is 2.28. The minimum Gasteiger partial charge on any atom is -0.478 e. The molecule has 0 unspecified atom stereocenters. The first-order chi connectivity index (χ1) is 6.27. The van der Waals surface area contributed by atoms with Crippen LogP contribution < -0.4 is 0 Å². The molecule has 0 aliphatic heterocycles. The van der Waals surface area contributed by atoms with Crippen LogP contribution in [0.15, 0.2) is 24.3 Å². The molecule has 1 N–H and O–H groups in total. The molecule has 14 heavy (non-hydrogen) atoms. The Bertz CT molecular complexity index is 326. The predicted octanol–water partition coefficient (Wildman–Crippen LogP) is 2.28. The van der Waals surface area contributed by atoms with Crippen LogP contribution in [-0.2, 0) is 4.74 Å². The van der Waals surface area contributed by atoms with Gasteiger partial charge in [-0.15, -0.1) is 12.4 Å². The highest BCUT2D eigenvalue weighted by atomic mass is 35.5. The fourth-order valence-corrected chi connectivity index (χ4v) is 0.981. The summed E-state index contributed by atoms with van der Waals surface area (Å²) in [7, 11) is 0. The van der Waals surface area contributed by atoms with E-state index in [1.807, 2.05) is 6.92 Å². The lowest BCUT2D eigenvalue weighted by Crippen LogP contribution is -2.04. The van der Waals surface area contributed by atoms with Gasteiger partial charge >= 0.3 is 0 Å². The maximum atomic E-state index is 10.4. The SMILES string of the molecule is CCOC(=N)c1cccc(C=O)c1.Cl. The van der Waals surface area contributed by atoms with Gasteiger partial charge in [0.15, 0.2) is 0 Å². The van der Waals surface area contributed by atoms with Crippen molar-refractivity contribution in [2.24, 2.45) is 0 Å². The van der Waals surface area contributed by atoms with E-state index in [1.165, 1.54) is 0 Å². The van der Waals surface area contributed by atoms with Crippen molar-refractivity contribution in [2.75, 3.05) is 6.61 Å². The third-order valence-electron chi connectivity index (χ3n) is 1.57. The molecule has 0 aliphatic carbocycles. The molecule has 0 fully saturated rings. The van der Waals surface area contributed by atoms with Gasteiger partial charge < -0.3 is 4.74 Å². The summed E-state index contributed by atoms with van der Waals surface area (Å²) >= 11 is 0. The zero-order valence-corrected chi connectivity index (χ0v) is 8.64. The first-order valence-electron chi connectivity index (χ1n) is 4.05. The molecule has 1 aromatic rings. The van der Waals surface area contributed by atoms with Crippen molar-refractivity contribution >= 4 is 24.6 Å². The van der Waals surface area contributed by atoms with Gasteiger partial charge in [0, 0.05) is 11.1 Å².